The normalized spacial score (nSPS) is 12.7. The third-order valence-corrected chi connectivity index (χ3v) is 4.79. The maximum absolute atomic E-state index is 13.8. The van der Waals surface area contributed by atoms with E-state index >= 15 is 0 Å². The van der Waals surface area contributed by atoms with Gasteiger partial charge in [-0.2, -0.15) is 5.10 Å². The first-order valence-corrected chi connectivity index (χ1v) is 10.5. The van der Waals surface area contributed by atoms with Gasteiger partial charge in [0.05, 0.1) is 18.2 Å². The molecule has 10 heteroatoms. The van der Waals surface area contributed by atoms with E-state index in [0.29, 0.717) is 46.9 Å². The highest BCUT2D eigenvalue weighted by atomic mass is 35.5. The van der Waals surface area contributed by atoms with Crippen LogP contribution in [-0.4, -0.2) is 53.1 Å². The number of hydrogen-bond acceptors (Lipinski definition) is 5. The molecule has 1 heterocycles. The smallest absolute Gasteiger partial charge is 0.258 e. The third-order valence-electron chi connectivity index (χ3n) is 4.55. The van der Waals surface area contributed by atoms with E-state index < -0.39 is 11.7 Å². The minimum absolute atomic E-state index is 0.0175. The average Bonchev–Trinajstić information content (AvgIpc) is 3.08. The number of fused-ring (bicyclic) bond motifs is 1. The van der Waals surface area contributed by atoms with E-state index in [1.54, 1.807) is 42.1 Å². The molecule has 170 valence electrons. The molecule has 3 aromatic rings. The fourth-order valence-corrected chi connectivity index (χ4v) is 3.34. The molecule has 1 atom stereocenters. The number of hydrogen-bond donors (Lipinski definition) is 3. The molecule has 3 N–H and O–H groups in total. The second-order valence-electron chi connectivity index (χ2n) is 7.18. The van der Waals surface area contributed by atoms with E-state index in [1.807, 2.05) is 6.92 Å². The van der Waals surface area contributed by atoms with E-state index in [4.69, 9.17) is 21.4 Å². The van der Waals surface area contributed by atoms with Crippen LogP contribution in [-0.2, 0) is 11.3 Å². The standard InChI is InChI=1S/C22H25ClFN5O3/c1-14(13-32-2)25-22(27-21(31)15-5-3-6-16(23)11-15)26-20-18-8-7-17(24)12-19(18)29(28-20)9-4-10-30/h3,5-8,11-12,14,30H,4,9-10,13H2,1-2H3,(H2,25,26,27,28,31). The minimum Gasteiger partial charge on any atom is -0.396 e. The van der Waals surface area contributed by atoms with Gasteiger partial charge in [-0.15, -0.1) is 0 Å². The van der Waals surface area contributed by atoms with E-state index in [-0.39, 0.29) is 18.6 Å². The number of guanidine groups is 1. The van der Waals surface area contributed by atoms with Crippen LogP contribution in [0.2, 0.25) is 5.02 Å². The summed E-state index contributed by atoms with van der Waals surface area (Å²) in [5.41, 5.74) is 0.929. The van der Waals surface area contributed by atoms with Gasteiger partial charge in [0, 0.05) is 36.2 Å². The lowest BCUT2D eigenvalue weighted by Gasteiger charge is -2.13. The SMILES string of the molecule is COCC(C)N=C(NC(=O)c1cccc(Cl)c1)Nc1nn(CCCO)c2cc(F)ccc12. The van der Waals surface area contributed by atoms with Gasteiger partial charge in [0.15, 0.2) is 5.82 Å². The zero-order valence-electron chi connectivity index (χ0n) is 17.8. The molecule has 0 aliphatic rings. The van der Waals surface area contributed by atoms with Gasteiger partial charge in [-0.05, 0) is 49.7 Å². The van der Waals surface area contributed by atoms with Gasteiger partial charge < -0.3 is 15.2 Å². The molecule has 1 amide bonds. The molecular weight excluding hydrogens is 437 g/mol. The van der Waals surface area contributed by atoms with Gasteiger partial charge in [0.1, 0.15) is 5.82 Å². The number of ether oxygens (including phenoxy) is 1. The van der Waals surface area contributed by atoms with Crippen molar-refractivity contribution in [3.63, 3.8) is 0 Å². The Morgan fingerprint density at radius 3 is 2.88 bits per heavy atom. The maximum Gasteiger partial charge on any atom is 0.258 e. The number of carbonyl (C=O) groups excluding carboxylic acids is 1. The molecule has 1 unspecified atom stereocenters. The predicted molar refractivity (Wildman–Crippen MR) is 123 cm³/mol. The molecule has 0 spiro atoms. The lowest BCUT2D eigenvalue weighted by Crippen LogP contribution is -2.37. The molecule has 8 nitrogen and oxygen atoms in total. The first kappa shape index (κ1) is 23.6. The summed E-state index contributed by atoms with van der Waals surface area (Å²) in [7, 11) is 1.56. The van der Waals surface area contributed by atoms with E-state index in [9.17, 15) is 9.18 Å². The number of nitrogens with one attached hydrogen (secondary N) is 2. The zero-order chi connectivity index (χ0) is 23.1. The summed E-state index contributed by atoms with van der Waals surface area (Å²) in [4.78, 5) is 17.3. The number of benzene rings is 2. The van der Waals surface area contributed by atoms with Crippen molar-refractivity contribution >= 4 is 40.2 Å². The Balaban J connectivity index is 1.94. The van der Waals surface area contributed by atoms with E-state index in [0.717, 1.165) is 0 Å². The van der Waals surface area contributed by atoms with Gasteiger partial charge in [0.2, 0.25) is 5.96 Å². The van der Waals surface area contributed by atoms with E-state index in [2.05, 4.69) is 20.7 Å². The largest absolute Gasteiger partial charge is 0.396 e. The van der Waals surface area contributed by atoms with Gasteiger partial charge >= 0.3 is 0 Å². The highest BCUT2D eigenvalue weighted by Crippen LogP contribution is 2.24. The summed E-state index contributed by atoms with van der Waals surface area (Å²) in [5, 5.41) is 20.6. The van der Waals surface area contributed by atoms with Crippen molar-refractivity contribution in [2.75, 3.05) is 25.6 Å². The van der Waals surface area contributed by atoms with Crippen LogP contribution in [0.1, 0.15) is 23.7 Å². The Hall–Kier alpha value is -3.01. The van der Waals surface area contributed by atoms with Crippen molar-refractivity contribution in [2.45, 2.75) is 25.9 Å². The molecule has 0 fully saturated rings. The molecule has 0 saturated heterocycles. The molecule has 32 heavy (non-hydrogen) atoms. The summed E-state index contributed by atoms with van der Waals surface area (Å²) in [5.74, 6) is -0.241. The third kappa shape index (κ3) is 6.03. The predicted octanol–water partition coefficient (Wildman–Crippen LogP) is 3.44. The van der Waals surface area contributed by atoms with Crippen LogP contribution in [0, 0.1) is 5.82 Å². The molecule has 0 aliphatic heterocycles. The lowest BCUT2D eigenvalue weighted by molar-refractivity contribution is 0.0976. The molecule has 0 radical (unpaired) electrons. The molecular formula is C22H25ClFN5O3. The van der Waals surface area contributed by atoms with Gasteiger partial charge in [0.25, 0.3) is 5.91 Å². The second-order valence-corrected chi connectivity index (χ2v) is 7.62. The highest BCUT2D eigenvalue weighted by Gasteiger charge is 2.16. The van der Waals surface area contributed by atoms with Crippen molar-refractivity contribution in [2.24, 2.45) is 4.99 Å². The van der Waals surface area contributed by atoms with Gasteiger partial charge in [-0.25, -0.2) is 9.38 Å². The number of aromatic nitrogens is 2. The number of methoxy groups -OCH3 is 1. The fraction of sp³-hybridized carbons (Fsp3) is 0.318. The Labute approximate surface area is 190 Å². The van der Waals surface area contributed by atoms with Crippen LogP contribution in [0.3, 0.4) is 0 Å². The summed E-state index contributed by atoms with van der Waals surface area (Å²) >= 11 is 6.00. The molecule has 0 bridgehead atoms. The monoisotopic (exact) mass is 461 g/mol. The average molecular weight is 462 g/mol. The highest BCUT2D eigenvalue weighted by molar-refractivity contribution is 6.31. The van der Waals surface area contributed by atoms with Crippen LogP contribution in [0.25, 0.3) is 10.9 Å². The quantitative estimate of drug-likeness (QED) is 0.352. The Kier molecular flexibility index (Phi) is 8.15. The maximum atomic E-state index is 13.8. The van der Waals surface area contributed by atoms with Crippen LogP contribution < -0.4 is 10.6 Å². The number of aliphatic hydroxyl groups is 1. The van der Waals surface area contributed by atoms with Crippen LogP contribution in [0.5, 0.6) is 0 Å². The topological polar surface area (TPSA) is 101 Å². The molecule has 1 aromatic heterocycles. The Morgan fingerprint density at radius 1 is 1.34 bits per heavy atom. The van der Waals surface area contributed by atoms with Gasteiger partial charge in [-0.3, -0.25) is 14.8 Å². The number of carbonyl (C=O) groups is 1. The van der Waals surface area contributed by atoms with Crippen LogP contribution in [0.15, 0.2) is 47.5 Å². The first-order valence-electron chi connectivity index (χ1n) is 10.1. The van der Waals surface area contributed by atoms with Crippen molar-refractivity contribution in [3.8, 4) is 0 Å². The summed E-state index contributed by atoms with van der Waals surface area (Å²) in [6, 6.07) is 10.6. The fourth-order valence-electron chi connectivity index (χ4n) is 3.15. The van der Waals surface area contributed by atoms with Crippen LogP contribution >= 0.6 is 11.6 Å². The van der Waals surface area contributed by atoms with E-state index in [1.165, 1.54) is 12.1 Å². The number of halogens is 2. The van der Waals surface area contributed by atoms with Crippen molar-refractivity contribution in [1.82, 2.24) is 15.1 Å². The Bertz CT molecular complexity index is 1120. The van der Waals surface area contributed by atoms with Crippen molar-refractivity contribution in [1.29, 1.82) is 0 Å². The summed E-state index contributed by atoms with van der Waals surface area (Å²) in [6.45, 7) is 2.56. The lowest BCUT2D eigenvalue weighted by atomic mass is 10.2. The number of aryl methyl sites for hydroxylation is 1. The number of rotatable bonds is 8. The molecule has 0 saturated carbocycles. The second kappa shape index (κ2) is 11.0. The number of aliphatic imine (C=N–C) groups is 1. The molecule has 2 aromatic carbocycles. The number of anilines is 1. The zero-order valence-corrected chi connectivity index (χ0v) is 18.6. The number of nitrogens with zero attached hydrogens (tertiary/aromatic N) is 3. The molecule has 3 rings (SSSR count). The minimum atomic E-state index is -0.404. The first-order chi connectivity index (χ1) is 15.4. The van der Waals surface area contributed by atoms with Crippen LogP contribution in [0.4, 0.5) is 10.2 Å². The van der Waals surface area contributed by atoms with Gasteiger partial charge in [-0.1, -0.05) is 17.7 Å². The molecule has 0 aliphatic carbocycles. The van der Waals surface area contributed by atoms with Crippen molar-refractivity contribution < 1.29 is 19.0 Å². The number of aliphatic hydroxyl groups excluding tert-OH is 1. The van der Waals surface area contributed by atoms with Crippen molar-refractivity contribution in [3.05, 3.63) is 58.9 Å². The Morgan fingerprint density at radius 2 is 2.16 bits per heavy atom. The summed E-state index contributed by atoms with van der Waals surface area (Å²) < 4.78 is 20.6. The number of amides is 1. The summed E-state index contributed by atoms with van der Waals surface area (Å²) in [6.07, 6.45) is 0.462.